The van der Waals surface area contributed by atoms with Crippen molar-refractivity contribution in [1.29, 1.82) is 0 Å². The molecule has 1 fully saturated rings. The summed E-state index contributed by atoms with van der Waals surface area (Å²) in [6, 6.07) is 8.75. The maximum Gasteiger partial charge on any atom is 0.0697 e. The molecule has 3 heteroatoms. The fourth-order valence-electron chi connectivity index (χ4n) is 2.18. The van der Waals surface area contributed by atoms with Crippen LogP contribution in [0.1, 0.15) is 36.3 Å². The fraction of sp³-hybridized carbons (Fsp3) is 0.600. The van der Waals surface area contributed by atoms with Gasteiger partial charge in [0.25, 0.3) is 0 Å². The highest BCUT2D eigenvalue weighted by molar-refractivity contribution is 5.33. The van der Waals surface area contributed by atoms with Crippen molar-refractivity contribution in [1.82, 2.24) is 5.32 Å². The third kappa shape index (κ3) is 4.41. The Bertz CT molecular complexity index is 350. The van der Waals surface area contributed by atoms with Crippen molar-refractivity contribution in [2.45, 2.75) is 31.7 Å². The van der Waals surface area contributed by atoms with E-state index >= 15 is 0 Å². The number of hydrogen-bond acceptors (Lipinski definition) is 3. The van der Waals surface area contributed by atoms with Gasteiger partial charge in [0.1, 0.15) is 0 Å². The van der Waals surface area contributed by atoms with Crippen molar-refractivity contribution in [3.8, 4) is 0 Å². The Kier molecular flexibility index (Phi) is 5.65. The minimum atomic E-state index is 0.113. The molecule has 1 aromatic rings. The smallest absolute Gasteiger partial charge is 0.0697 e. The van der Waals surface area contributed by atoms with Gasteiger partial charge in [-0.25, -0.2) is 0 Å². The number of aliphatic hydroxyl groups excluding tert-OH is 1. The summed E-state index contributed by atoms with van der Waals surface area (Å²) in [5.74, 6) is 0.816. The van der Waals surface area contributed by atoms with Crippen molar-refractivity contribution >= 4 is 0 Å². The molecule has 0 unspecified atom stereocenters. The average molecular weight is 249 g/mol. The molecule has 1 saturated carbocycles. The molecule has 3 nitrogen and oxygen atoms in total. The highest BCUT2D eigenvalue weighted by Gasteiger charge is 2.25. The summed E-state index contributed by atoms with van der Waals surface area (Å²) >= 11 is 0. The molecule has 1 aromatic carbocycles. The molecular formula is C15H23NO2. The minimum Gasteiger partial charge on any atom is -0.394 e. The number of nitrogens with one attached hydrogen (secondary N) is 1. The third-order valence-electron chi connectivity index (χ3n) is 3.27. The summed E-state index contributed by atoms with van der Waals surface area (Å²) in [4.78, 5) is 0. The minimum absolute atomic E-state index is 0.113. The molecule has 1 aliphatic rings. The van der Waals surface area contributed by atoms with Gasteiger partial charge < -0.3 is 15.2 Å². The maximum absolute atomic E-state index is 8.57. The molecule has 18 heavy (non-hydrogen) atoms. The van der Waals surface area contributed by atoms with Crippen LogP contribution >= 0.6 is 0 Å². The molecule has 0 heterocycles. The zero-order valence-corrected chi connectivity index (χ0v) is 10.9. The summed E-state index contributed by atoms with van der Waals surface area (Å²) in [5, 5.41) is 12.0. The first-order valence-electron chi connectivity index (χ1n) is 6.89. The molecule has 100 valence electrons. The van der Waals surface area contributed by atoms with Gasteiger partial charge in [-0.1, -0.05) is 24.3 Å². The maximum atomic E-state index is 8.57. The van der Waals surface area contributed by atoms with Crippen molar-refractivity contribution in [3.63, 3.8) is 0 Å². The van der Waals surface area contributed by atoms with Gasteiger partial charge in [0.2, 0.25) is 0 Å². The summed E-state index contributed by atoms with van der Waals surface area (Å²) < 4.78 is 5.22. The molecule has 0 radical (unpaired) electrons. The van der Waals surface area contributed by atoms with E-state index in [0.717, 1.165) is 32.0 Å². The fourth-order valence-corrected chi connectivity index (χ4v) is 2.18. The number of ether oxygens (including phenoxy) is 1. The van der Waals surface area contributed by atoms with E-state index in [4.69, 9.17) is 9.84 Å². The zero-order chi connectivity index (χ0) is 12.6. The largest absolute Gasteiger partial charge is 0.394 e. The van der Waals surface area contributed by atoms with Crippen LogP contribution in [0.2, 0.25) is 0 Å². The first-order valence-corrected chi connectivity index (χ1v) is 6.89. The summed E-state index contributed by atoms with van der Waals surface area (Å²) in [7, 11) is 0. The predicted octanol–water partition coefficient (Wildman–Crippen LogP) is 2.05. The van der Waals surface area contributed by atoms with Crippen LogP contribution in [0.3, 0.4) is 0 Å². The second-order valence-corrected chi connectivity index (χ2v) is 4.84. The molecule has 0 amide bonds. The molecular weight excluding hydrogens is 226 g/mol. The number of rotatable bonds is 9. The van der Waals surface area contributed by atoms with Gasteiger partial charge in [-0.05, 0) is 42.9 Å². The van der Waals surface area contributed by atoms with Gasteiger partial charge in [-0.2, -0.15) is 0 Å². The molecule has 0 atom stereocenters. The number of benzene rings is 1. The number of aliphatic hydroxyl groups is 1. The molecule has 0 bridgehead atoms. The lowest BCUT2D eigenvalue weighted by molar-refractivity contribution is 0.0907. The predicted molar refractivity (Wildman–Crippen MR) is 72.6 cm³/mol. The summed E-state index contributed by atoms with van der Waals surface area (Å²) in [5.41, 5.74) is 2.97. The lowest BCUT2D eigenvalue weighted by Crippen LogP contribution is -2.17. The average Bonchev–Trinajstić information content (AvgIpc) is 3.22. The molecule has 2 rings (SSSR count). The number of hydrogen-bond donors (Lipinski definition) is 2. The van der Waals surface area contributed by atoms with Crippen LogP contribution in [0.15, 0.2) is 24.3 Å². The van der Waals surface area contributed by atoms with Gasteiger partial charge in [0, 0.05) is 13.2 Å². The quantitative estimate of drug-likeness (QED) is 0.658. The van der Waals surface area contributed by atoms with Gasteiger partial charge >= 0.3 is 0 Å². The van der Waals surface area contributed by atoms with E-state index in [9.17, 15) is 0 Å². The van der Waals surface area contributed by atoms with E-state index in [1.807, 2.05) is 0 Å². The van der Waals surface area contributed by atoms with Crippen LogP contribution in [0.4, 0.5) is 0 Å². The Balaban J connectivity index is 1.64. The van der Waals surface area contributed by atoms with E-state index in [-0.39, 0.29) is 6.61 Å². The Morgan fingerprint density at radius 3 is 2.83 bits per heavy atom. The van der Waals surface area contributed by atoms with Crippen LogP contribution in [-0.2, 0) is 11.3 Å². The van der Waals surface area contributed by atoms with Crippen molar-refractivity contribution in [3.05, 3.63) is 35.4 Å². The van der Waals surface area contributed by atoms with Gasteiger partial charge in [0.15, 0.2) is 0 Å². The van der Waals surface area contributed by atoms with Crippen LogP contribution < -0.4 is 5.32 Å². The van der Waals surface area contributed by atoms with Crippen LogP contribution in [0.5, 0.6) is 0 Å². The third-order valence-corrected chi connectivity index (χ3v) is 3.27. The Labute approximate surface area is 109 Å². The topological polar surface area (TPSA) is 41.5 Å². The van der Waals surface area contributed by atoms with E-state index in [1.165, 1.54) is 24.0 Å². The lowest BCUT2D eigenvalue weighted by Gasteiger charge is -2.10. The molecule has 0 saturated heterocycles. The Hall–Kier alpha value is -0.900. The van der Waals surface area contributed by atoms with Gasteiger partial charge in [-0.3, -0.25) is 0 Å². The van der Waals surface area contributed by atoms with E-state index in [2.05, 4.69) is 29.6 Å². The van der Waals surface area contributed by atoms with Crippen LogP contribution in [0, 0.1) is 0 Å². The summed E-state index contributed by atoms with van der Waals surface area (Å²) in [6.07, 6.45) is 3.70. The second kappa shape index (κ2) is 7.52. The monoisotopic (exact) mass is 249 g/mol. The highest BCUT2D eigenvalue weighted by atomic mass is 16.5. The first-order chi connectivity index (χ1) is 8.92. The Morgan fingerprint density at radius 1 is 1.22 bits per heavy atom. The normalized spacial score (nSPS) is 14.9. The van der Waals surface area contributed by atoms with E-state index in [1.54, 1.807) is 0 Å². The highest BCUT2D eigenvalue weighted by Crippen LogP contribution is 2.41. The van der Waals surface area contributed by atoms with Gasteiger partial charge in [0.05, 0.1) is 13.2 Å². The van der Waals surface area contributed by atoms with Gasteiger partial charge in [-0.15, -0.1) is 0 Å². The Morgan fingerprint density at radius 2 is 2.06 bits per heavy atom. The molecule has 0 aliphatic heterocycles. The molecule has 0 aromatic heterocycles. The SMILES string of the molecule is OCCOCCCNCc1ccccc1C1CC1. The van der Waals surface area contributed by atoms with Crippen molar-refractivity contribution < 1.29 is 9.84 Å². The van der Waals surface area contributed by atoms with E-state index in [0.29, 0.717) is 6.61 Å². The molecule has 1 aliphatic carbocycles. The standard InChI is InChI=1S/C15H23NO2/c17-9-11-18-10-3-8-16-12-14-4-1-2-5-15(14)13-6-7-13/h1-2,4-5,13,16-17H,3,6-12H2. The first kappa shape index (κ1) is 13.5. The van der Waals surface area contributed by atoms with Crippen LogP contribution in [0.25, 0.3) is 0 Å². The van der Waals surface area contributed by atoms with Crippen molar-refractivity contribution in [2.75, 3.05) is 26.4 Å². The van der Waals surface area contributed by atoms with Crippen molar-refractivity contribution in [2.24, 2.45) is 0 Å². The molecule has 0 spiro atoms. The lowest BCUT2D eigenvalue weighted by atomic mass is 10.0. The summed E-state index contributed by atoms with van der Waals surface area (Å²) in [6.45, 7) is 3.20. The zero-order valence-electron chi connectivity index (χ0n) is 10.9. The molecule has 2 N–H and O–H groups in total. The van der Waals surface area contributed by atoms with E-state index < -0.39 is 0 Å². The van der Waals surface area contributed by atoms with Crippen LogP contribution in [-0.4, -0.2) is 31.5 Å². The second-order valence-electron chi connectivity index (χ2n) is 4.84.